The molecule has 144 valence electrons. The average molecular weight is 392 g/mol. The molecule has 1 aromatic carbocycles. The Kier molecular flexibility index (Phi) is 4.48. The highest BCUT2D eigenvalue weighted by Crippen LogP contribution is 2.31. The van der Waals surface area contributed by atoms with Crippen molar-refractivity contribution in [1.82, 2.24) is 24.6 Å². The van der Waals surface area contributed by atoms with Crippen molar-refractivity contribution >= 4 is 17.3 Å². The van der Waals surface area contributed by atoms with Gasteiger partial charge in [0.05, 0.1) is 11.7 Å². The van der Waals surface area contributed by atoms with Crippen LogP contribution >= 0.6 is 0 Å². The minimum absolute atomic E-state index is 0.0476. The molecule has 3 aromatic heterocycles. The van der Waals surface area contributed by atoms with Gasteiger partial charge < -0.3 is 11.1 Å². The smallest absolute Gasteiger partial charge is 0.153 e. The zero-order valence-corrected chi connectivity index (χ0v) is 15.1. The Morgan fingerprint density at radius 1 is 1.14 bits per heavy atom. The Morgan fingerprint density at radius 3 is 2.62 bits per heavy atom. The standard InChI is InChI=1S/C19H14F2N8/c1-10(27-19-15(8-22)18(23)25-9-26-19)14-7-16-24-2-3-29(16)28-17(14)11-4-12(20)6-13(21)5-11/h2-7,9-10H,1H3,(H3,23,25,26,27). The fourth-order valence-electron chi connectivity index (χ4n) is 3.02. The SMILES string of the molecule is CC(Nc1ncnc(N)c1C#N)c1cc2nccn2nc1-c1cc(F)cc(F)c1. The monoisotopic (exact) mass is 392 g/mol. The summed E-state index contributed by atoms with van der Waals surface area (Å²) in [7, 11) is 0. The molecule has 1 unspecified atom stereocenters. The van der Waals surface area contributed by atoms with E-state index in [4.69, 9.17) is 5.73 Å². The number of nitrogens with one attached hydrogen (secondary N) is 1. The van der Waals surface area contributed by atoms with E-state index in [0.29, 0.717) is 16.9 Å². The third-order valence-electron chi connectivity index (χ3n) is 4.36. The summed E-state index contributed by atoms with van der Waals surface area (Å²) >= 11 is 0. The molecule has 0 saturated carbocycles. The lowest BCUT2D eigenvalue weighted by Gasteiger charge is -2.19. The van der Waals surface area contributed by atoms with Gasteiger partial charge >= 0.3 is 0 Å². The molecule has 0 amide bonds. The quantitative estimate of drug-likeness (QED) is 0.548. The molecule has 0 fully saturated rings. The van der Waals surface area contributed by atoms with Crippen LogP contribution < -0.4 is 11.1 Å². The van der Waals surface area contributed by atoms with Crippen LogP contribution in [0.1, 0.15) is 24.1 Å². The summed E-state index contributed by atoms with van der Waals surface area (Å²) in [5.74, 6) is -1.14. The van der Waals surface area contributed by atoms with Crippen LogP contribution in [0.15, 0.2) is 43.0 Å². The van der Waals surface area contributed by atoms with E-state index in [9.17, 15) is 14.0 Å². The fourth-order valence-corrected chi connectivity index (χ4v) is 3.02. The maximum Gasteiger partial charge on any atom is 0.153 e. The fraction of sp³-hybridized carbons (Fsp3) is 0.105. The minimum atomic E-state index is -0.713. The van der Waals surface area contributed by atoms with Gasteiger partial charge in [0.25, 0.3) is 0 Å². The van der Waals surface area contributed by atoms with Crippen LogP contribution in [0.3, 0.4) is 0 Å². The number of benzene rings is 1. The Morgan fingerprint density at radius 2 is 1.90 bits per heavy atom. The zero-order valence-electron chi connectivity index (χ0n) is 15.1. The van der Waals surface area contributed by atoms with E-state index in [1.807, 2.05) is 6.07 Å². The molecule has 0 aliphatic rings. The van der Waals surface area contributed by atoms with Gasteiger partial charge in [-0.05, 0) is 25.1 Å². The van der Waals surface area contributed by atoms with Crippen LogP contribution in [0.4, 0.5) is 20.4 Å². The molecule has 8 nitrogen and oxygen atoms in total. The highest BCUT2D eigenvalue weighted by atomic mass is 19.1. The number of anilines is 2. The Balaban J connectivity index is 1.84. The maximum atomic E-state index is 13.8. The molecule has 3 heterocycles. The summed E-state index contributed by atoms with van der Waals surface area (Å²) in [6, 6.07) is 6.46. The van der Waals surface area contributed by atoms with Crippen molar-refractivity contribution in [3.05, 3.63) is 65.7 Å². The zero-order chi connectivity index (χ0) is 20.5. The third kappa shape index (κ3) is 3.41. The second kappa shape index (κ2) is 7.12. The van der Waals surface area contributed by atoms with Crippen LogP contribution in [0, 0.1) is 23.0 Å². The van der Waals surface area contributed by atoms with Crippen molar-refractivity contribution in [2.45, 2.75) is 13.0 Å². The summed E-state index contributed by atoms with van der Waals surface area (Å²) in [5.41, 5.74) is 7.63. The molecule has 10 heteroatoms. The van der Waals surface area contributed by atoms with E-state index in [0.717, 1.165) is 6.07 Å². The first-order chi connectivity index (χ1) is 14.0. The highest BCUT2D eigenvalue weighted by Gasteiger charge is 2.19. The predicted octanol–water partition coefficient (Wildman–Crippen LogP) is 3.09. The first-order valence-electron chi connectivity index (χ1n) is 8.54. The number of nitrogens with two attached hydrogens (primary N) is 1. The normalized spacial score (nSPS) is 11.9. The van der Waals surface area contributed by atoms with Gasteiger partial charge in [-0.25, -0.2) is 28.2 Å². The van der Waals surface area contributed by atoms with Crippen LogP contribution in [0.5, 0.6) is 0 Å². The van der Waals surface area contributed by atoms with Gasteiger partial charge in [-0.1, -0.05) is 0 Å². The van der Waals surface area contributed by atoms with Gasteiger partial charge in [-0.2, -0.15) is 10.4 Å². The van der Waals surface area contributed by atoms with Gasteiger partial charge in [0.1, 0.15) is 41.2 Å². The van der Waals surface area contributed by atoms with Crippen molar-refractivity contribution in [3.63, 3.8) is 0 Å². The van der Waals surface area contributed by atoms with E-state index in [1.54, 1.807) is 25.4 Å². The average Bonchev–Trinajstić information content (AvgIpc) is 3.14. The Labute approximate surface area is 163 Å². The van der Waals surface area contributed by atoms with Crippen molar-refractivity contribution in [2.75, 3.05) is 11.1 Å². The number of halogens is 2. The molecule has 29 heavy (non-hydrogen) atoms. The lowest BCUT2D eigenvalue weighted by molar-refractivity contribution is 0.584. The van der Waals surface area contributed by atoms with Crippen LogP contribution in [0.25, 0.3) is 16.9 Å². The first kappa shape index (κ1) is 18.2. The molecule has 4 aromatic rings. The molecule has 0 aliphatic carbocycles. The lowest BCUT2D eigenvalue weighted by Crippen LogP contribution is -2.13. The van der Waals surface area contributed by atoms with E-state index in [1.165, 1.54) is 23.0 Å². The lowest BCUT2D eigenvalue weighted by atomic mass is 10.0. The Hall–Kier alpha value is -4.13. The molecule has 0 bridgehead atoms. The summed E-state index contributed by atoms with van der Waals surface area (Å²) < 4.78 is 29.2. The number of hydrogen-bond donors (Lipinski definition) is 2. The van der Waals surface area contributed by atoms with Gasteiger partial charge in [0, 0.05) is 29.6 Å². The maximum absolute atomic E-state index is 13.8. The third-order valence-corrected chi connectivity index (χ3v) is 4.36. The first-order valence-corrected chi connectivity index (χ1v) is 8.54. The van der Waals surface area contributed by atoms with E-state index in [-0.39, 0.29) is 22.8 Å². The number of nitriles is 1. The minimum Gasteiger partial charge on any atom is -0.382 e. The van der Waals surface area contributed by atoms with Gasteiger partial charge in [0.2, 0.25) is 0 Å². The van der Waals surface area contributed by atoms with Crippen LogP contribution in [0.2, 0.25) is 0 Å². The van der Waals surface area contributed by atoms with Gasteiger partial charge in [-0.15, -0.1) is 0 Å². The molecular weight excluding hydrogens is 378 g/mol. The van der Waals surface area contributed by atoms with E-state index in [2.05, 4.69) is 25.4 Å². The second-order valence-electron chi connectivity index (χ2n) is 6.30. The summed E-state index contributed by atoms with van der Waals surface area (Å²) in [4.78, 5) is 12.1. The molecule has 0 saturated heterocycles. The van der Waals surface area contributed by atoms with E-state index < -0.39 is 17.7 Å². The van der Waals surface area contributed by atoms with Crippen molar-refractivity contribution in [2.24, 2.45) is 0 Å². The number of nitrogens with zero attached hydrogens (tertiary/aromatic N) is 6. The number of nitrogen functional groups attached to an aromatic ring is 1. The van der Waals surface area contributed by atoms with Gasteiger partial charge in [-0.3, -0.25) is 0 Å². The van der Waals surface area contributed by atoms with Crippen molar-refractivity contribution in [1.29, 1.82) is 5.26 Å². The second-order valence-corrected chi connectivity index (χ2v) is 6.30. The molecule has 0 radical (unpaired) electrons. The Bertz CT molecular complexity index is 1240. The number of aromatic nitrogens is 5. The highest BCUT2D eigenvalue weighted by molar-refractivity contribution is 5.68. The molecule has 1 atom stereocenters. The molecule has 3 N–H and O–H groups in total. The number of hydrogen-bond acceptors (Lipinski definition) is 7. The molecule has 4 rings (SSSR count). The largest absolute Gasteiger partial charge is 0.382 e. The van der Waals surface area contributed by atoms with E-state index >= 15 is 0 Å². The molecule has 0 aliphatic heterocycles. The summed E-state index contributed by atoms with van der Waals surface area (Å²) in [6.07, 6.45) is 4.44. The topological polar surface area (TPSA) is 118 Å². The number of imidazole rings is 1. The molecule has 0 spiro atoms. The van der Waals surface area contributed by atoms with Gasteiger partial charge in [0.15, 0.2) is 5.65 Å². The number of rotatable bonds is 4. The number of fused-ring (bicyclic) bond motifs is 1. The van der Waals surface area contributed by atoms with Crippen LogP contribution in [-0.4, -0.2) is 24.6 Å². The van der Waals surface area contributed by atoms with Crippen LogP contribution in [-0.2, 0) is 0 Å². The summed E-state index contributed by atoms with van der Waals surface area (Å²) in [6.45, 7) is 1.80. The molecular formula is C19H14F2N8. The predicted molar refractivity (Wildman–Crippen MR) is 102 cm³/mol. The van der Waals surface area contributed by atoms with Crippen molar-refractivity contribution in [3.8, 4) is 17.3 Å². The van der Waals surface area contributed by atoms with Crippen molar-refractivity contribution < 1.29 is 8.78 Å². The summed E-state index contributed by atoms with van der Waals surface area (Å²) in [5, 5.41) is 16.9.